The number of anilines is 1. The summed E-state index contributed by atoms with van der Waals surface area (Å²) in [4.78, 5) is 29.9. The lowest BCUT2D eigenvalue weighted by Crippen LogP contribution is -2.53. The molecule has 0 spiro atoms. The van der Waals surface area contributed by atoms with E-state index in [1.807, 2.05) is 64.1 Å². The normalized spacial score (nSPS) is 12.0. The molecule has 0 radical (unpaired) electrons. The molecule has 0 saturated carbocycles. The fourth-order valence-corrected chi connectivity index (χ4v) is 7.15. The van der Waals surface area contributed by atoms with E-state index in [-0.39, 0.29) is 23.8 Å². The fraction of sp³-hybridized carbons (Fsp3) is 0.278. The van der Waals surface area contributed by atoms with Crippen LogP contribution < -0.4 is 9.62 Å². The van der Waals surface area contributed by atoms with Crippen LogP contribution in [0.4, 0.5) is 5.69 Å². The van der Waals surface area contributed by atoms with Crippen LogP contribution in [0.15, 0.2) is 95.9 Å². The molecule has 4 aromatic carbocycles. The molecule has 4 aromatic rings. The fourth-order valence-electron chi connectivity index (χ4n) is 5.23. The monoisotopic (exact) mass is 679 g/mol. The topological polar surface area (TPSA) is 86.8 Å². The average Bonchev–Trinajstić information content (AvgIpc) is 3.01. The number of carbonyl (C=O) groups excluding carboxylic acids is 2. The van der Waals surface area contributed by atoms with Gasteiger partial charge in [0.15, 0.2) is 0 Å². The second-order valence-electron chi connectivity index (χ2n) is 11.4. The molecule has 2 amide bonds. The Labute approximate surface area is 282 Å². The minimum absolute atomic E-state index is 0.0484. The van der Waals surface area contributed by atoms with Crippen molar-refractivity contribution < 1.29 is 18.0 Å². The van der Waals surface area contributed by atoms with E-state index in [0.717, 1.165) is 26.6 Å². The zero-order chi connectivity index (χ0) is 33.4. The van der Waals surface area contributed by atoms with Gasteiger partial charge < -0.3 is 10.2 Å². The van der Waals surface area contributed by atoms with Gasteiger partial charge in [0.2, 0.25) is 11.8 Å². The zero-order valence-electron chi connectivity index (χ0n) is 26.5. The van der Waals surface area contributed by atoms with Gasteiger partial charge in [0.25, 0.3) is 10.0 Å². The van der Waals surface area contributed by atoms with Crippen molar-refractivity contribution in [3.8, 4) is 0 Å². The third-order valence-corrected chi connectivity index (χ3v) is 10.1. The minimum Gasteiger partial charge on any atom is -0.354 e. The standard InChI is InChI=1S/C36H39Cl2N3O4S/c1-5-18-39-36(43)34(22-28-10-7-6-8-11-28)40(23-31-32(37)12-9-13-33(31)38)35(42)24-41(29-20-26(3)19-27(4)21-29)46(44,45)30-16-14-25(2)15-17-30/h6-17,19-21,34H,5,18,22-24H2,1-4H3,(H,39,43)/t34-/m1/s1. The number of carbonyl (C=O) groups is 2. The maximum atomic E-state index is 14.6. The van der Waals surface area contributed by atoms with E-state index in [1.165, 1.54) is 17.0 Å². The second-order valence-corrected chi connectivity index (χ2v) is 14.1. The van der Waals surface area contributed by atoms with E-state index < -0.39 is 28.5 Å². The molecule has 10 heteroatoms. The van der Waals surface area contributed by atoms with E-state index in [1.54, 1.807) is 42.5 Å². The lowest BCUT2D eigenvalue weighted by Gasteiger charge is -2.34. The molecule has 0 heterocycles. The number of hydrogen-bond acceptors (Lipinski definition) is 4. The van der Waals surface area contributed by atoms with Gasteiger partial charge in [0.05, 0.1) is 10.6 Å². The van der Waals surface area contributed by atoms with E-state index in [0.29, 0.717) is 34.3 Å². The highest BCUT2D eigenvalue weighted by Gasteiger charge is 2.35. The summed E-state index contributed by atoms with van der Waals surface area (Å²) < 4.78 is 29.6. The van der Waals surface area contributed by atoms with Gasteiger partial charge in [0.1, 0.15) is 12.6 Å². The highest BCUT2D eigenvalue weighted by molar-refractivity contribution is 7.92. The van der Waals surface area contributed by atoms with Crippen molar-refractivity contribution in [2.45, 2.75) is 58.0 Å². The predicted octanol–water partition coefficient (Wildman–Crippen LogP) is 7.28. The summed E-state index contributed by atoms with van der Waals surface area (Å²) in [5, 5.41) is 3.59. The van der Waals surface area contributed by atoms with E-state index in [9.17, 15) is 18.0 Å². The number of nitrogens with zero attached hydrogens (tertiary/aromatic N) is 2. The van der Waals surface area contributed by atoms with Crippen molar-refractivity contribution >= 4 is 50.7 Å². The van der Waals surface area contributed by atoms with Gasteiger partial charge in [-0.05, 0) is 80.3 Å². The highest BCUT2D eigenvalue weighted by Crippen LogP contribution is 2.30. The first-order valence-corrected chi connectivity index (χ1v) is 17.3. The summed E-state index contributed by atoms with van der Waals surface area (Å²) in [5.74, 6) is -0.944. The molecule has 0 unspecified atom stereocenters. The van der Waals surface area contributed by atoms with Gasteiger partial charge in [-0.3, -0.25) is 13.9 Å². The van der Waals surface area contributed by atoms with Crippen LogP contribution in [0.5, 0.6) is 0 Å². The average molecular weight is 681 g/mol. The molecule has 242 valence electrons. The maximum Gasteiger partial charge on any atom is 0.264 e. The molecular weight excluding hydrogens is 641 g/mol. The van der Waals surface area contributed by atoms with Gasteiger partial charge in [0, 0.05) is 35.1 Å². The second kappa shape index (κ2) is 15.6. The van der Waals surface area contributed by atoms with Gasteiger partial charge in [-0.25, -0.2) is 8.42 Å². The molecule has 0 saturated heterocycles. The van der Waals surface area contributed by atoms with Crippen molar-refractivity contribution in [3.63, 3.8) is 0 Å². The molecular formula is C36H39Cl2N3O4S. The van der Waals surface area contributed by atoms with Crippen LogP contribution >= 0.6 is 23.2 Å². The minimum atomic E-state index is -4.21. The van der Waals surface area contributed by atoms with Crippen molar-refractivity contribution in [2.24, 2.45) is 0 Å². The van der Waals surface area contributed by atoms with Crippen LogP contribution in [-0.2, 0) is 32.6 Å². The van der Waals surface area contributed by atoms with Crippen molar-refractivity contribution in [1.29, 1.82) is 0 Å². The Hall–Kier alpha value is -3.85. The number of hydrogen-bond donors (Lipinski definition) is 1. The molecule has 0 aromatic heterocycles. The van der Waals surface area contributed by atoms with Gasteiger partial charge in [-0.1, -0.05) is 90.3 Å². The number of sulfonamides is 1. The Balaban J connectivity index is 1.85. The van der Waals surface area contributed by atoms with Crippen LogP contribution in [0.3, 0.4) is 0 Å². The summed E-state index contributed by atoms with van der Waals surface area (Å²) in [6.45, 7) is 7.29. The van der Waals surface area contributed by atoms with E-state index in [2.05, 4.69) is 5.32 Å². The third kappa shape index (κ3) is 8.69. The van der Waals surface area contributed by atoms with Crippen LogP contribution in [0.25, 0.3) is 0 Å². The number of aryl methyl sites for hydroxylation is 3. The number of rotatable bonds is 13. The molecule has 1 atom stereocenters. The van der Waals surface area contributed by atoms with Gasteiger partial charge in [-0.2, -0.15) is 0 Å². The van der Waals surface area contributed by atoms with Crippen LogP contribution in [0, 0.1) is 20.8 Å². The molecule has 0 aliphatic carbocycles. The first-order valence-electron chi connectivity index (χ1n) is 15.1. The van der Waals surface area contributed by atoms with Crippen molar-refractivity contribution in [2.75, 3.05) is 17.4 Å². The number of amides is 2. The first kappa shape index (κ1) is 35.0. The quantitative estimate of drug-likeness (QED) is 0.161. The molecule has 4 rings (SSSR count). The molecule has 1 N–H and O–H groups in total. The molecule has 7 nitrogen and oxygen atoms in total. The molecule has 0 fully saturated rings. The van der Waals surface area contributed by atoms with Crippen molar-refractivity contribution in [1.82, 2.24) is 10.2 Å². The molecule has 46 heavy (non-hydrogen) atoms. The third-order valence-electron chi connectivity index (χ3n) is 7.59. The van der Waals surface area contributed by atoms with Gasteiger partial charge in [-0.15, -0.1) is 0 Å². The van der Waals surface area contributed by atoms with Crippen LogP contribution in [-0.4, -0.2) is 44.3 Å². The number of halogens is 2. The zero-order valence-corrected chi connectivity index (χ0v) is 28.8. The highest BCUT2D eigenvalue weighted by atomic mass is 35.5. The number of nitrogens with one attached hydrogen (secondary N) is 1. The Bertz CT molecular complexity index is 1740. The molecule has 0 aliphatic heterocycles. The van der Waals surface area contributed by atoms with E-state index in [4.69, 9.17) is 23.2 Å². The molecule has 0 aliphatic rings. The predicted molar refractivity (Wildman–Crippen MR) is 186 cm³/mol. The SMILES string of the molecule is CCCNC(=O)[C@@H](Cc1ccccc1)N(Cc1c(Cl)cccc1Cl)C(=O)CN(c1cc(C)cc(C)c1)S(=O)(=O)c1ccc(C)cc1. The lowest BCUT2D eigenvalue weighted by molar-refractivity contribution is -0.140. The van der Waals surface area contributed by atoms with E-state index >= 15 is 0 Å². The number of benzene rings is 4. The largest absolute Gasteiger partial charge is 0.354 e. The summed E-state index contributed by atoms with van der Waals surface area (Å²) in [6.07, 6.45) is 0.891. The molecule has 0 bridgehead atoms. The Kier molecular flexibility index (Phi) is 11.9. The summed E-state index contributed by atoms with van der Waals surface area (Å²) in [7, 11) is -4.21. The Morgan fingerprint density at radius 3 is 2.00 bits per heavy atom. The summed E-state index contributed by atoms with van der Waals surface area (Å²) in [6, 6.07) is 25.3. The van der Waals surface area contributed by atoms with Crippen LogP contribution in [0.2, 0.25) is 10.0 Å². The maximum absolute atomic E-state index is 14.6. The Morgan fingerprint density at radius 2 is 1.41 bits per heavy atom. The summed E-state index contributed by atoms with van der Waals surface area (Å²) >= 11 is 13.2. The van der Waals surface area contributed by atoms with Crippen LogP contribution in [0.1, 0.15) is 41.2 Å². The first-order chi connectivity index (χ1) is 21.9. The van der Waals surface area contributed by atoms with Crippen molar-refractivity contribution in [3.05, 3.63) is 129 Å². The Morgan fingerprint density at radius 1 is 0.804 bits per heavy atom. The smallest absolute Gasteiger partial charge is 0.264 e. The summed E-state index contributed by atoms with van der Waals surface area (Å²) in [5.41, 5.74) is 4.22. The van der Waals surface area contributed by atoms with Gasteiger partial charge >= 0.3 is 0 Å². The lowest BCUT2D eigenvalue weighted by atomic mass is 10.0.